The molecule has 4 N–H and O–H groups in total. The number of hydrogen-bond donors (Lipinski definition) is 3. The Balaban J connectivity index is 2.10. The average Bonchev–Trinajstić information content (AvgIpc) is 2.89. The van der Waals surface area contributed by atoms with Crippen molar-refractivity contribution in [2.75, 3.05) is 5.73 Å². The first kappa shape index (κ1) is 13.8. The molecule has 1 heterocycles. The molecule has 0 spiro atoms. The van der Waals surface area contributed by atoms with Gasteiger partial charge in [-0.25, -0.2) is 9.78 Å². The number of aromatic amines is 1. The van der Waals surface area contributed by atoms with E-state index in [1.165, 1.54) is 19.1 Å². The molecule has 1 aromatic heterocycles. The monoisotopic (exact) mass is 295 g/mol. The lowest BCUT2D eigenvalue weighted by Crippen LogP contribution is -1.97. The summed E-state index contributed by atoms with van der Waals surface area (Å²) in [5.41, 5.74) is 9.06. The number of fused-ring (bicyclic) bond motifs is 1. The SMILES string of the molecule is CC(=O)c1ccc(-c2nc3ccc(C(=O)O)cc3[nH]2)c(N)c1. The molecule has 0 saturated carbocycles. The molecule has 0 unspecified atom stereocenters. The van der Waals surface area contributed by atoms with Crippen LogP contribution in [0.4, 0.5) is 5.69 Å². The fourth-order valence-corrected chi connectivity index (χ4v) is 2.27. The first-order valence-electron chi connectivity index (χ1n) is 6.59. The second kappa shape index (κ2) is 5.00. The number of aromatic carboxylic acids is 1. The minimum absolute atomic E-state index is 0.0612. The minimum Gasteiger partial charge on any atom is -0.478 e. The normalized spacial score (nSPS) is 10.8. The zero-order valence-corrected chi connectivity index (χ0v) is 11.8. The third kappa shape index (κ3) is 2.31. The Morgan fingerprint density at radius 2 is 1.86 bits per heavy atom. The van der Waals surface area contributed by atoms with Gasteiger partial charge in [-0.05, 0) is 37.3 Å². The predicted molar refractivity (Wildman–Crippen MR) is 82.9 cm³/mol. The molecule has 110 valence electrons. The number of carbonyl (C=O) groups excluding carboxylic acids is 1. The quantitative estimate of drug-likeness (QED) is 0.508. The first-order chi connectivity index (χ1) is 10.5. The largest absolute Gasteiger partial charge is 0.478 e. The summed E-state index contributed by atoms with van der Waals surface area (Å²) >= 11 is 0. The van der Waals surface area contributed by atoms with Crippen LogP contribution in [-0.4, -0.2) is 26.8 Å². The highest BCUT2D eigenvalue weighted by atomic mass is 16.4. The van der Waals surface area contributed by atoms with Crippen LogP contribution in [0.3, 0.4) is 0 Å². The molecule has 0 bridgehead atoms. The maximum Gasteiger partial charge on any atom is 0.335 e. The molecule has 0 fully saturated rings. The molecule has 2 aromatic carbocycles. The fraction of sp³-hybridized carbons (Fsp3) is 0.0625. The van der Waals surface area contributed by atoms with E-state index in [9.17, 15) is 9.59 Å². The van der Waals surface area contributed by atoms with Gasteiger partial charge in [0.1, 0.15) is 5.82 Å². The summed E-state index contributed by atoms with van der Waals surface area (Å²) in [5.74, 6) is -0.525. The lowest BCUT2D eigenvalue weighted by atomic mass is 10.1. The molecule has 22 heavy (non-hydrogen) atoms. The van der Waals surface area contributed by atoms with Gasteiger partial charge in [0.05, 0.1) is 16.6 Å². The molecule has 0 aliphatic rings. The number of hydrogen-bond acceptors (Lipinski definition) is 4. The van der Waals surface area contributed by atoms with Crippen molar-refractivity contribution in [2.45, 2.75) is 6.92 Å². The van der Waals surface area contributed by atoms with Gasteiger partial charge in [0.25, 0.3) is 0 Å². The Hall–Kier alpha value is -3.15. The number of nitrogens with two attached hydrogens (primary N) is 1. The van der Waals surface area contributed by atoms with Crippen LogP contribution in [0.1, 0.15) is 27.6 Å². The van der Waals surface area contributed by atoms with Gasteiger partial charge in [-0.2, -0.15) is 0 Å². The van der Waals surface area contributed by atoms with Crippen molar-refractivity contribution in [3.05, 3.63) is 47.5 Å². The second-order valence-electron chi connectivity index (χ2n) is 4.98. The van der Waals surface area contributed by atoms with Crippen LogP contribution < -0.4 is 5.73 Å². The van der Waals surface area contributed by atoms with E-state index in [1.807, 2.05) is 0 Å². The highest BCUT2D eigenvalue weighted by Gasteiger charge is 2.12. The highest BCUT2D eigenvalue weighted by molar-refractivity contribution is 5.97. The Morgan fingerprint density at radius 3 is 2.50 bits per heavy atom. The fourth-order valence-electron chi connectivity index (χ4n) is 2.27. The Kier molecular flexibility index (Phi) is 3.14. The first-order valence-corrected chi connectivity index (χ1v) is 6.59. The van der Waals surface area contributed by atoms with Crippen LogP contribution >= 0.6 is 0 Å². The van der Waals surface area contributed by atoms with Gasteiger partial charge in [0.2, 0.25) is 0 Å². The number of benzene rings is 2. The van der Waals surface area contributed by atoms with Crippen molar-refractivity contribution in [3.8, 4) is 11.4 Å². The van der Waals surface area contributed by atoms with Gasteiger partial charge in [-0.3, -0.25) is 4.79 Å². The van der Waals surface area contributed by atoms with E-state index in [1.54, 1.807) is 24.3 Å². The molecule has 0 radical (unpaired) electrons. The Morgan fingerprint density at radius 1 is 1.14 bits per heavy atom. The van der Waals surface area contributed by atoms with E-state index in [4.69, 9.17) is 10.8 Å². The number of carbonyl (C=O) groups is 2. The summed E-state index contributed by atoms with van der Waals surface area (Å²) in [6.07, 6.45) is 0. The number of nitrogen functional groups attached to an aromatic ring is 1. The molecular weight excluding hydrogens is 282 g/mol. The summed E-state index contributed by atoms with van der Waals surface area (Å²) in [6, 6.07) is 9.67. The molecule has 0 aliphatic heterocycles. The molecule has 6 heteroatoms. The van der Waals surface area contributed by atoms with Crippen LogP contribution in [0.2, 0.25) is 0 Å². The highest BCUT2D eigenvalue weighted by Crippen LogP contribution is 2.27. The minimum atomic E-state index is -0.997. The van der Waals surface area contributed by atoms with Gasteiger partial charge >= 0.3 is 5.97 Å². The van der Waals surface area contributed by atoms with Crippen molar-refractivity contribution in [1.29, 1.82) is 0 Å². The number of ketones is 1. The molecule has 3 rings (SSSR count). The van der Waals surface area contributed by atoms with Gasteiger partial charge in [-0.1, -0.05) is 6.07 Å². The molecule has 0 aliphatic carbocycles. The van der Waals surface area contributed by atoms with Gasteiger partial charge < -0.3 is 15.8 Å². The standard InChI is InChI=1S/C16H13N3O3/c1-8(20)9-2-4-11(12(17)6-9)15-18-13-5-3-10(16(21)22)7-14(13)19-15/h2-7H,17H2,1H3,(H,18,19)(H,21,22). The van der Waals surface area contributed by atoms with Crippen LogP contribution in [-0.2, 0) is 0 Å². The lowest BCUT2D eigenvalue weighted by molar-refractivity contribution is 0.0697. The number of rotatable bonds is 3. The Bertz CT molecular complexity index is 912. The van der Waals surface area contributed by atoms with E-state index in [-0.39, 0.29) is 11.3 Å². The van der Waals surface area contributed by atoms with Crippen molar-refractivity contribution in [2.24, 2.45) is 0 Å². The van der Waals surface area contributed by atoms with E-state index in [2.05, 4.69) is 9.97 Å². The van der Waals surface area contributed by atoms with Crippen molar-refractivity contribution < 1.29 is 14.7 Å². The second-order valence-corrected chi connectivity index (χ2v) is 4.98. The van der Waals surface area contributed by atoms with Crippen LogP contribution in [0.15, 0.2) is 36.4 Å². The van der Waals surface area contributed by atoms with Crippen LogP contribution in [0.25, 0.3) is 22.4 Å². The zero-order valence-electron chi connectivity index (χ0n) is 11.8. The number of nitrogens with zero attached hydrogens (tertiary/aromatic N) is 1. The third-order valence-electron chi connectivity index (χ3n) is 3.44. The number of imidazole rings is 1. The molecule has 6 nitrogen and oxygen atoms in total. The number of H-pyrrole nitrogens is 1. The lowest BCUT2D eigenvalue weighted by Gasteiger charge is -2.04. The van der Waals surface area contributed by atoms with Crippen molar-refractivity contribution in [3.63, 3.8) is 0 Å². The molecule has 0 atom stereocenters. The smallest absolute Gasteiger partial charge is 0.335 e. The summed E-state index contributed by atoms with van der Waals surface area (Å²) in [7, 11) is 0. The Labute approximate surface area is 125 Å². The maximum atomic E-state index is 11.4. The summed E-state index contributed by atoms with van der Waals surface area (Å²) in [5, 5.41) is 9.01. The topological polar surface area (TPSA) is 109 Å². The number of nitrogens with one attached hydrogen (secondary N) is 1. The average molecular weight is 295 g/mol. The molecular formula is C16H13N3O3. The number of anilines is 1. The maximum absolute atomic E-state index is 11.4. The number of aromatic nitrogens is 2. The molecule has 3 aromatic rings. The number of carboxylic acid groups (broad SMARTS) is 1. The van der Waals surface area contributed by atoms with Gasteiger partial charge in [0.15, 0.2) is 5.78 Å². The van der Waals surface area contributed by atoms with Crippen molar-refractivity contribution >= 4 is 28.5 Å². The summed E-state index contributed by atoms with van der Waals surface area (Å²) in [6.45, 7) is 1.48. The van der Waals surface area contributed by atoms with E-state index in [0.717, 1.165) is 0 Å². The van der Waals surface area contributed by atoms with Crippen LogP contribution in [0.5, 0.6) is 0 Å². The third-order valence-corrected chi connectivity index (χ3v) is 3.44. The van der Waals surface area contributed by atoms with E-state index >= 15 is 0 Å². The molecule has 0 amide bonds. The van der Waals surface area contributed by atoms with Gasteiger partial charge in [0, 0.05) is 16.8 Å². The van der Waals surface area contributed by atoms with Crippen molar-refractivity contribution in [1.82, 2.24) is 9.97 Å². The van der Waals surface area contributed by atoms with E-state index < -0.39 is 5.97 Å². The number of carboxylic acids is 1. The summed E-state index contributed by atoms with van der Waals surface area (Å²) in [4.78, 5) is 29.8. The predicted octanol–water partition coefficient (Wildman–Crippen LogP) is 2.71. The number of Topliss-reactive ketones (excluding diaryl/α,β-unsaturated/α-hetero) is 1. The van der Waals surface area contributed by atoms with E-state index in [0.29, 0.717) is 33.7 Å². The molecule has 0 saturated heterocycles. The zero-order chi connectivity index (χ0) is 15.9. The van der Waals surface area contributed by atoms with Crippen LogP contribution in [0, 0.1) is 0 Å². The van der Waals surface area contributed by atoms with Gasteiger partial charge in [-0.15, -0.1) is 0 Å². The summed E-state index contributed by atoms with van der Waals surface area (Å²) < 4.78 is 0.